The van der Waals surface area contributed by atoms with E-state index in [9.17, 15) is 9.59 Å². The van der Waals surface area contributed by atoms with Crippen LogP contribution in [0.2, 0.25) is 0 Å². The molecular formula is C22H22N6O3. The zero-order valence-corrected chi connectivity index (χ0v) is 17.2. The van der Waals surface area contributed by atoms with Crippen molar-refractivity contribution < 1.29 is 4.74 Å². The summed E-state index contributed by atoms with van der Waals surface area (Å²) in [5, 5.41) is 4.27. The lowest BCUT2D eigenvalue weighted by Crippen LogP contribution is -2.29. The average Bonchev–Trinajstić information content (AvgIpc) is 3.13. The molecule has 2 aromatic heterocycles. The summed E-state index contributed by atoms with van der Waals surface area (Å²) in [5.74, 6) is 1.14. The highest BCUT2D eigenvalue weighted by Gasteiger charge is 2.17. The number of benzene rings is 2. The van der Waals surface area contributed by atoms with E-state index in [0.29, 0.717) is 24.6 Å². The smallest absolute Gasteiger partial charge is 0.329 e. The molecule has 0 unspecified atom stereocenters. The highest BCUT2D eigenvalue weighted by molar-refractivity contribution is 5.80. The van der Waals surface area contributed by atoms with Gasteiger partial charge >= 0.3 is 5.69 Å². The Bertz CT molecular complexity index is 1330. The summed E-state index contributed by atoms with van der Waals surface area (Å²) in [6.07, 6.45) is 1.64. The zero-order chi connectivity index (χ0) is 21.8. The molecule has 0 spiro atoms. The molecule has 0 radical (unpaired) electrons. The molecule has 4 rings (SSSR count). The van der Waals surface area contributed by atoms with Crippen LogP contribution in [0.4, 0.5) is 5.95 Å². The van der Waals surface area contributed by atoms with E-state index >= 15 is 0 Å². The molecular weight excluding hydrogens is 396 g/mol. The lowest BCUT2D eigenvalue weighted by atomic mass is 10.2. The molecule has 0 bridgehead atoms. The lowest BCUT2D eigenvalue weighted by molar-refractivity contribution is 0.340. The average molecular weight is 418 g/mol. The van der Waals surface area contributed by atoms with Crippen LogP contribution in [0, 0.1) is 0 Å². The Morgan fingerprint density at radius 3 is 2.58 bits per heavy atom. The maximum Gasteiger partial charge on any atom is 0.329 e. The van der Waals surface area contributed by atoms with Gasteiger partial charge < -0.3 is 4.74 Å². The first-order valence-corrected chi connectivity index (χ1v) is 9.82. The number of aromatic amines is 1. The Morgan fingerprint density at radius 2 is 1.87 bits per heavy atom. The Labute approximate surface area is 177 Å². The second-order valence-corrected chi connectivity index (χ2v) is 6.87. The van der Waals surface area contributed by atoms with Crippen molar-refractivity contribution in [2.75, 3.05) is 12.0 Å². The molecule has 31 heavy (non-hydrogen) atoms. The fourth-order valence-electron chi connectivity index (χ4n) is 3.22. The molecule has 9 heteroatoms. The number of imidazole rings is 1. The van der Waals surface area contributed by atoms with Gasteiger partial charge in [-0.2, -0.15) is 10.1 Å². The zero-order valence-electron chi connectivity index (χ0n) is 17.2. The molecule has 4 aromatic rings. The first-order valence-electron chi connectivity index (χ1n) is 9.82. The SMILES string of the molecule is CCOc1ccc(/C=N\Nc2nc3c(c(=O)[nH]c(=O)n3C)n2Cc2ccccc2)cc1. The van der Waals surface area contributed by atoms with Crippen molar-refractivity contribution in [3.05, 3.63) is 86.6 Å². The minimum atomic E-state index is -0.522. The number of anilines is 1. The normalized spacial score (nSPS) is 11.3. The van der Waals surface area contributed by atoms with Crippen molar-refractivity contribution in [1.82, 2.24) is 19.1 Å². The monoisotopic (exact) mass is 418 g/mol. The van der Waals surface area contributed by atoms with Gasteiger partial charge in [0.1, 0.15) is 5.75 Å². The molecule has 0 aliphatic heterocycles. The number of aromatic nitrogens is 4. The van der Waals surface area contributed by atoms with E-state index in [-0.39, 0.29) is 5.65 Å². The van der Waals surface area contributed by atoms with Crippen molar-refractivity contribution in [3.63, 3.8) is 0 Å². The maximum atomic E-state index is 12.5. The van der Waals surface area contributed by atoms with Gasteiger partial charge in [-0.25, -0.2) is 10.2 Å². The number of ether oxygens (including phenoxy) is 1. The molecule has 9 nitrogen and oxygen atoms in total. The van der Waals surface area contributed by atoms with Gasteiger partial charge in [0.2, 0.25) is 5.95 Å². The van der Waals surface area contributed by atoms with E-state index < -0.39 is 11.2 Å². The molecule has 0 saturated carbocycles. The number of hydrogen-bond donors (Lipinski definition) is 2. The largest absolute Gasteiger partial charge is 0.494 e. The van der Waals surface area contributed by atoms with Crippen molar-refractivity contribution in [3.8, 4) is 5.75 Å². The second-order valence-electron chi connectivity index (χ2n) is 6.87. The summed E-state index contributed by atoms with van der Waals surface area (Å²) in [7, 11) is 1.56. The van der Waals surface area contributed by atoms with Crippen LogP contribution in [0.1, 0.15) is 18.1 Å². The summed E-state index contributed by atoms with van der Waals surface area (Å²) in [4.78, 5) is 31.3. The van der Waals surface area contributed by atoms with Crippen molar-refractivity contribution >= 4 is 23.3 Å². The van der Waals surface area contributed by atoms with E-state index in [1.165, 1.54) is 4.57 Å². The van der Waals surface area contributed by atoms with Gasteiger partial charge in [-0.15, -0.1) is 0 Å². The number of hydrazone groups is 1. The standard InChI is InChI=1S/C22H22N6O3/c1-3-31-17-11-9-15(10-12-17)13-23-26-21-24-19-18(20(29)25-22(30)27(19)2)28(21)14-16-7-5-4-6-8-16/h4-13H,3,14H2,1-2H3,(H,24,26)(H,25,29,30)/b23-13-. The van der Waals surface area contributed by atoms with Crippen molar-refractivity contribution in [2.24, 2.45) is 12.1 Å². The van der Waals surface area contributed by atoms with Gasteiger partial charge in [-0.1, -0.05) is 30.3 Å². The molecule has 158 valence electrons. The molecule has 2 aromatic carbocycles. The Morgan fingerprint density at radius 1 is 1.13 bits per heavy atom. The molecule has 2 heterocycles. The summed E-state index contributed by atoms with van der Waals surface area (Å²) in [5.41, 5.74) is 4.31. The van der Waals surface area contributed by atoms with Gasteiger partial charge in [0, 0.05) is 7.05 Å². The van der Waals surface area contributed by atoms with Gasteiger partial charge in [-0.05, 0) is 42.3 Å². The third-order valence-electron chi connectivity index (χ3n) is 4.76. The predicted molar refractivity (Wildman–Crippen MR) is 120 cm³/mol. The molecule has 0 atom stereocenters. The van der Waals surface area contributed by atoms with Gasteiger partial charge in [0.15, 0.2) is 11.2 Å². The summed E-state index contributed by atoms with van der Waals surface area (Å²) < 4.78 is 8.45. The van der Waals surface area contributed by atoms with Crippen LogP contribution in [-0.2, 0) is 13.6 Å². The van der Waals surface area contributed by atoms with Crippen molar-refractivity contribution in [1.29, 1.82) is 0 Å². The van der Waals surface area contributed by atoms with Crippen LogP contribution < -0.4 is 21.4 Å². The molecule has 2 N–H and O–H groups in total. The molecule has 0 amide bonds. The topological polar surface area (TPSA) is 106 Å². The van der Waals surface area contributed by atoms with E-state index in [2.05, 4.69) is 20.5 Å². The highest BCUT2D eigenvalue weighted by Crippen LogP contribution is 2.18. The summed E-state index contributed by atoms with van der Waals surface area (Å²) in [6.45, 7) is 2.93. The van der Waals surface area contributed by atoms with E-state index in [1.54, 1.807) is 17.8 Å². The number of nitrogens with one attached hydrogen (secondary N) is 2. The number of H-pyrrole nitrogens is 1. The lowest BCUT2D eigenvalue weighted by Gasteiger charge is -2.08. The number of hydrogen-bond acceptors (Lipinski definition) is 6. The fraction of sp³-hybridized carbons (Fsp3) is 0.182. The van der Waals surface area contributed by atoms with Crippen LogP contribution in [0.5, 0.6) is 5.75 Å². The number of nitrogens with zero attached hydrogens (tertiary/aromatic N) is 4. The summed E-state index contributed by atoms with van der Waals surface area (Å²) in [6, 6.07) is 17.2. The van der Waals surface area contributed by atoms with E-state index in [4.69, 9.17) is 4.74 Å². The van der Waals surface area contributed by atoms with Crippen LogP contribution in [0.25, 0.3) is 11.2 Å². The van der Waals surface area contributed by atoms with Crippen molar-refractivity contribution in [2.45, 2.75) is 13.5 Å². The minimum absolute atomic E-state index is 0.281. The fourth-order valence-corrected chi connectivity index (χ4v) is 3.22. The molecule has 0 aliphatic rings. The first kappa shape index (κ1) is 20.1. The van der Waals surface area contributed by atoms with Crippen LogP contribution in [0.3, 0.4) is 0 Å². The molecule has 0 saturated heterocycles. The van der Waals surface area contributed by atoms with Gasteiger partial charge in [0.25, 0.3) is 5.56 Å². The van der Waals surface area contributed by atoms with Crippen LogP contribution >= 0.6 is 0 Å². The van der Waals surface area contributed by atoms with Crippen LogP contribution in [-0.4, -0.2) is 31.9 Å². The highest BCUT2D eigenvalue weighted by atomic mass is 16.5. The summed E-state index contributed by atoms with van der Waals surface area (Å²) >= 11 is 0. The third-order valence-corrected chi connectivity index (χ3v) is 4.76. The third kappa shape index (κ3) is 4.25. The second kappa shape index (κ2) is 8.70. The minimum Gasteiger partial charge on any atom is -0.494 e. The van der Waals surface area contributed by atoms with Gasteiger partial charge in [0.05, 0.1) is 19.4 Å². The van der Waals surface area contributed by atoms with Crippen LogP contribution in [0.15, 0.2) is 69.3 Å². The van der Waals surface area contributed by atoms with E-state index in [0.717, 1.165) is 16.9 Å². The number of aryl methyl sites for hydroxylation is 1. The predicted octanol–water partition coefficient (Wildman–Crippen LogP) is 2.32. The molecule has 0 aliphatic carbocycles. The Hall–Kier alpha value is -4.14. The molecule has 0 fully saturated rings. The number of rotatable bonds is 7. The Kier molecular flexibility index (Phi) is 5.65. The Balaban J connectivity index is 1.69. The van der Waals surface area contributed by atoms with Gasteiger partial charge in [-0.3, -0.25) is 18.9 Å². The first-order chi connectivity index (χ1) is 15.1. The van der Waals surface area contributed by atoms with E-state index in [1.807, 2.05) is 61.5 Å². The quantitative estimate of drug-likeness (QED) is 0.354. The number of fused-ring (bicyclic) bond motifs is 1. The maximum absolute atomic E-state index is 12.5.